The molecule has 0 fully saturated rings. The van der Waals surface area contributed by atoms with Crippen LogP contribution in [0.3, 0.4) is 0 Å². The molecule has 0 aliphatic carbocycles. The van der Waals surface area contributed by atoms with Crippen LogP contribution in [0.1, 0.15) is 18.5 Å². The third-order valence-corrected chi connectivity index (χ3v) is 3.40. The number of halogens is 2. The highest BCUT2D eigenvalue weighted by Crippen LogP contribution is 2.18. The second-order valence-electron chi connectivity index (χ2n) is 4.59. The van der Waals surface area contributed by atoms with Crippen LogP contribution in [0, 0.1) is 0 Å². The molecule has 3 nitrogen and oxygen atoms in total. The Kier molecular flexibility index (Phi) is 5.48. The van der Waals surface area contributed by atoms with Crippen molar-refractivity contribution in [2.24, 2.45) is 0 Å². The lowest BCUT2D eigenvalue weighted by molar-refractivity contribution is -0.123. The summed E-state index contributed by atoms with van der Waals surface area (Å²) in [5.41, 5.74) is 0.982. The molecule has 5 heteroatoms. The first-order chi connectivity index (χ1) is 10.0. The molecule has 0 saturated heterocycles. The molecule has 0 aliphatic heterocycles. The fourth-order valence-electron chi connectivity index (χ4n) is 1.82. The molecule has 1 N–H and O–H groups in total. The van der Waals surface area contributed by atoms with E-state index < -0.39 is 0 Å². The molecular weight excluding hydrogens is 309 g/mol. The second kappa shape index (κ2) is 7.34. The highest BCUT2D eigenvalue weighted by atomic mass is 35.5. The van der Waals surface area contributed by atoms with Gasteiger partial charge in [0.15, 0.2) is 6.61 Å². The van der Waals surface area contributed by atoms with Gasteiger partial charge in [0.25, 0.3) is 5.91 Å². The Hall–Kier alpha value is -1.71. The Balaban J connectivity index is 1.85. The van der Waals surface area contributed by atoms with E-state index in [1.807, 2.05) is 19.1 Å². The molecule has 0 radical (unpaired) electrons. The van der Waals surface area contributed by atoms with Gasteiger partial charge in [-0.25, -0.2) is 0 Å². The molecule has 0 aliphatic rings. The maximum absolute atomic E-state index is 11.9. The molecule has 0 spiro atoms. The van der Waals surface area contributed by atoms with Crippen molar-refractivity contribution < 1.29 is 9.53 Å². The molecule has 110 valence electrons. The average Bonchev–Trinajstić information content (AvgIpc) is 2.46. The summed E-state index contributed by atoms with van der Waals surface area (Å²) in [6.07, 6.45) is 0. The zero-order chi connectivity index (χ0) is 15.2. The zero-order valence-corrected chi connectivity index (χ0v) is 13.0. The third-order valence-electron chi connectivity index (χ3n) is 2.91. The Morgan fingerprint density at radius 3 is 2.52 bits per heavy atom. The maximum Gasteiger partial charge on any atom is 0.258 e. The Morgan fingerprint density at radius 2 is 1.86 bits per heavy atom. The summed E-state index contributed by atoms with van der Waals surface area (Å²) < 4.78 is 5.39. The van der Waals surface area contributed by atoms with Crippen molar-refractivity contribution in [2.45, 2.75) is 13.0 Å². The van der Waals surface area contributed by atoms with E-state index >= 15 is 0 Å². The van der Waals surface area contributed by atoms with Crippen LogP contribution < -0.4 is 10.1 Å². The molecule has 2 aromatic rings. The van der Waals surface area contributed by atoms with Crippen LogP contribution in [-0.4, -0.2) is 12.5 Å². The van der Waals surface area contributed by atoms with E-state index in [-0.39, 0.29) is 18.6 Å². The van der Waals surface area contributed by atoms with Gasteiger partial charge in [-0.3, -0.25) is 4.79 Å². The standard InChI is InChI=1S/C16H15Cl2NO2/c1-11(12-5-7-13(17)8-6-12)19-16(20)10-21-15-4-2-3-14(18)9-15/h2-9,11H,10H2,1H3,(H,19,20)/t11-/m0/s1. The first kappa shape index (κ1) is 15.7. The lowest BCUT2D eigenvalue weighted by Gasteiger charge is -2.15. The number of carbonyl (C=O) groups is 1. The molecule has 2 rings (SSSR count). The summed E-state index contributed by atoms with van der Waals surface area (Å²) in [5, 5.41) is 4.10. The molecule has 0 heterocycles. The van der Waals surface area contributed by atoms with E-state index in [4.69, 9.17) is 27.9 Å². The Morgan fingerprint density at radius 1 is 1.14 bits per heavy atom. The zero-order valence-electron chi connectivity index (χ0n) is 11.5. The van der Waals surface area contributed by atoms with Gasteiger partial charge in [0, 0.05) is 10.0 Å². The van der Waals surface area contributed by atoms with Gasteiger partial charge in [-0.1, -0.05) is 41.4 Å². The van der Waals surface area contributed by atoms with Crippen LogP contribution in [0.4, 0.5) is 0 Å². The molecule has 0 unspecified atom stereocenters. The predicted octanol–water partition coefficient (Wildman–Crippen LogP) is 4.25. The molecular formula is C16H15Cl2NO2. The average molecular weight is 324 g/mol. The van der Waals surface area contributed by atoms with Gasteiger partial charge >= 0.3 is 0 Å². The minimum Gasteiger partial charge on any atom is -0.484 e. The minimum atomic E-state index is -0.197. The van der Waals surface area contributed by atoms with E-state index in [9.17, 15) is 4.79 Å². The smallest absolute Gasteiger partial charge is 0.258 e. The molecule has 1 atom stereocenters. The van der Waals surface area contributed by atoms with Crippen molar-refractivity contribution in [3.8, 4) is 5.75 Å². The minimum absolute atomic E-state index is 0.0573. The van der Waals surface area contributed by atoms with Crippen LogP contribution in [0.5, 0.6) is 5.75 Å². The van der Waals surface area contributed by atoms with Gasteiger partial charge in [-0.05, 0) is 42.8 Å². The fraction of sp³-hybridized carbons (Fsp3) is 0.188. The molecule has 0 aromatic heterocycles. The first-order valence-corrected chi connectivity index (χ1v) is 7.23. The van der Waals surface area contributed by atoms with Crippen molar-refractivity contribution in [3.05, 3.63) is 64.1 Å². The van der Waals surface area contributed by atoms with Crippen LogP contribution in [0.25, 0.3) is 0 Å². The molecule has 2 aromatic carbocycles. The van der Waals surface area contributed by atoms with Crippen LogP contribution in [-0.2, 0) is 4.79 Å². The van der Waals surface area contributed by atoms with Crippen LogP contribution in [0.15, 0.2) is 48.5 Å². The summed E-state index contributed by atoms with van der Waals surface area (Å²) in [6.45, 7) is 1.85. The summed E-state index contributed by atoms with van der Waals surface area (Å²) >= 11 is 11.7. The third kappa shape index (κ3) is 4.96. The van der Waals surface area contributed by atoms with Crippen molar-refractivity contribution in [3.63, 3.8) is 0 Å². The molecule has 1 amide bonds. The van der Waals surface area contributed by atoms with Crippen molar-refractivity contribution in [1.82, 2.24) is 5.32 Å². The van der Waals surface area contributed by atoms with Gasteiger partial charge in [0.2, 0.25) is 0 Å². The number of hydrogen-bond donors (Lipinski definition) is 1. The molecule has 21 heavy (non-hydrogen) atoms. The van der Waals surface area contributed by atoms with E-state index in [0.717, 1.165) is 5.56 Å². The second-order valence-corrected chi connectivity index (χ2v) is 5.46. The summed E-state index contributed by atoms with van der Waals surface area (Å²) in [7, 11) is 0. The van der Waals surface area contributed by atoms with Gasteiger partial charge in [0.05, 0.1) is 6.04 Å². The van der Waals surface area contributed by atoms with Crippen LogP contribution >= 0.6 is 23.2 Å². The van der Waals surface area contributed by atoms with Gasteiger partial charge in [0.1, 0.15) is 5.75 Å². The van der Waals surface area contributed by atoms with E-state index in [2.05, 4.69) is 5.32 Å². The van der Waals surface area contributed by atoms with Crippen molar-refractivity contribution in [2.75, 3.05) is 6.61 Å². The number of ether oxygens (including phenoxy) is 1. The highest BCUT2D eigenvalue weighted by Gasteiger charge is 2.10. The lowest BCUT2D eigenvalue weighted by Crippen LogP contribution is -2.31. The lowest BCUT2D eigenvalue weighted by atomic mass is 10.1. The topological polar surface area (TPSA) is 38.3 Å². The Labute approximate surface area is 133 Å². The van der Waals surface area contributed by atoms with Gasteiger partial charge in [-0.15, -0.1) is 0 Å². The maximum atomic E-state index is 11.9. The van der Waals surface area contributed by atoms with Crippen LogP contribution in [0.2, 0.25) is 10.0 Å². The number of amides is 1. The van der Waals surface area contributed by atoms with E-state index in [1.54, 1.807) is 36.4 Å². The number of hydrogen-bond acceptors (Lipinski definition) is 2. The number of rotatable bonds is 5. The first-order valence-electron chi connectivity index (χ1n) is 6.48. The number of carbonyl (C=O) groups excluding carboxylic acids is 1. The predicted molar refractivity (Wildman–Crippen MR) is 85.0 cm³/mol. The largest absolute Gasteiger partial charge is 0.484 e. The monoisotopic (exact) mass is 323 g/mol. The quantitative estimate of drug-likeness (QED) is 0.893. The number of nitrogens with one attached hydrogen (secondary N) is 1. The molecule has 0 bridgehead atoms. The number of benzene rings is 2. The SMILES string of the molecule is C[C@H](NC(=O)COc1cccc(Cl)c1)c1ccc(Cl)cc1. The van der Waals surface area contributed by atoms with E-state index in [0.29, 0.717) is 15.8 Å². The Bertz CT molecular complexity index is 614. The summed E-state index contributed by atoms with van der Waals surface area (Å²) in [5.74, 6) is 0.370. The highest BCUT2D eigenvalue weighted by molar-refractivity contribution is 6.30. The summed E-state index contributed by atoms with van der Waals surface area (Å²) in [4.78, 5) is 11.9. The van der Waals surface area contributed by atoms with Gasteiger partial charge < -0.3 is 10.1 Å². The van der Waals surface area contributed by atoms with Crippen molar-refractivity contribution in [1.29, 1.82) is 0 Å². The van der Waals surface area contributed by atoms with E-state index in [1.165, 1.54) is 0 Å². The summed E-state index contributed by atoms with van der Waals surface area (Å²) in [6, 6.07) is 14.2. The fourth-order valence-corrected chi connectivity index (χ4v) is 2.13. The normalized spacial score (nSPS) is 11.8. The molecule has 0 saturated carbocycles. The van der Waals surface area contributed by atoms with Gasteiger partial charge in [-0.2, -0.15) is 0 Å². The van der Waals surface area contributed by atoms with Crippen molar-refractivity contribution >= 4 is 29.1 Å².